The first-order chi connectivity index (χ1) is 9.68. The monoisotopic (exact) mass is 291 g/mol. The van der Waals surface area contributed by atoms with Gasteiger partial charge < -0.3 is 10.4 Å². The van der Waals surface area contributed by atoms with Crippen molar-refractivity contribution < 1.29 is 14.7 Å². The van der Waals surface area contributed by atoms with Gasteiger partial charge in [-0.05, 0) is 35.0 Å². The molecular weight excluding hydrogens is 266 g/mol. The Kier molecular flexibility index (Phi) is 3.02. The van der Waals surface area contributed by atoms with Crippen LogP contribution < -0.4 is 5.32 Å². The van der Waals surface area contributed by atoms with E-state index in [2.05, 4.69) is 33.0 Å². The molecule has 0 heterocycles. The molecule has 116 valence electrons. The Morgan fingerprint density at radius 3 is 2.10 bits per heavy atom. The molecule has 0 aromatic carbocycles. The summed E-state index contributed by atoms with van der Waals surface area (Å²) in [5, 5.41) is 12.4. The standard InChI is InChI=1S/C17H25NO3/c1-16(2)11(17(16,3)4)8-18-14(19)12-9-5-6-10(7-9)13(12)15(20)21/h5-6,9-13H,7-8H2,1-4H3,(H,18,19)(H,20,21). The number of hydrogen-bond donors (Lipinski definition) is 2. The molecule has 4 atom stereocenters. The van der Waals surface area contributed by atoms with Gasteiger partial charge in [0.25, 0.3) is 0 Å². The van der Waals surface area contributed by atoms with Crippen molar-refractivity contribution in [2.24, 2.45) is 40.4 Å². The summed E-state index contributed by atoms with van der Waals surface area (Å²) in [6.45, 7) is 9.56. The fourth-order valence-corrected chi connectivity index (χ4v) is 4.68. The second kappa shape index (κ2) is 4.34. The quantitative estimate of drug-likeness (QED) is 0.781. The zero-order valence-corrected chi connectivity index (χ0v) is 13.2. The van der Waals surface area contributed by atoms with E-state index >= 15 is 0 Å². The minimum absolute atomic E-state index is 0.0389. The van der Waals surface area contributed by atoms with E-state index in [4.69, 9.17) is 0 Å². The molecule has 3 aliphatic rings. The predicted molar refractivity (Wildman–Crippen MR) is 79.4 cm³/mol. The van der Waals surface area contributed by atoms with Crippen LogP contribution in [0, 0.1) is 40.4 Å². The Bertz CT molecular complexity index is 506. The molecule has 0 saturated heterocycles. The molecule has 4 nitrogen and oxygen atoms in total. The van der Waals surface area contributed by atoms with Crippen molar-refractivity contribution in [2.75, 3.05) is 6.54 Å². The van der Waals surface area contributed by atoms with Gasteiger partial charge in [-0.2, -0.15) is 0 Å². The SMILES string of the molecule is CC1(C)C(CNC(=O)C2C3C=CC(C3)C2C(=O)O)C1(C)C. The van der Waals surface area contributed by atoms with Crippen molar-refractivity contribution in [1.82, 2.24) is 5.32 Å². The van der Waals surface area contributed by atoms with Crippen LogP contribution in [0.5, 0.6) is 0 Å². The van der Waals surface area contributed by atoms with Gasteiger partial charge >= 0.3 is 5.97 Å². The van der Waals surface area contributed by atoms with E-state index in [1.165, 1.54) is 0 Å². The second-order valence-electron chi connectivity index (χ2n) is 8.08. The fourth-order valence-electron chi connectivity index (χ4n) is 4.68. The van der Waals surface area contributed by atoms with E-state index in [1.54, 1.807) is 0 Å². The van der Waals surface area contributed by atoms with Crippen molar-refractivity contribution in [2.45, 2.75) is 34.1 Å². The minimum atomic E-state index is -0.834. The molecule has 2 bridgehead atoms. The summed E-state index contributed by atoms with van der Waals surface area (Å²) in [6.07, 6.45) is 4.81. The number of carboxylic acids is 1. The summed E-state index contributed by atoms with van der Waals surface area (Å²) in [5.74, 6) is -1.22. The molecule has 3 aliphatic carbocycles. The second-order valence-corrected chi connectivity index (χ2v) is 8.08. The molecule has 21 heavy (non-hydrogen) atoms. The molecule has 0 aliphatic heterocycles. The summed E-state index contributed by atoms with van der Waals surface area (Å²) < 4.78 is 0. The zero-order chi connectivity index (χ0) is 15.6. The normalized spacial score (nSPS) is 38.5. The number of nitrogens with one attached hydrogen (secondary N) is 1. The maximum absolute atomic E-state index is 12.5. The number of rotatable bonds is 4. The van der Waals surface area contributed by atoms with Crippen molar-refractivity contribution in [3.8, 4) is 0 Å². The number of carbonyl (C=O) groups is 2. The maximum atomic E-state index is 12.5. The van der Waals surface area contributed by atoms with E-state index in [0.29, 0.717) is 12.5 Å². The first kappa shape index (κ1) is 14.6. The van der Waals surface area contributed by atoms with Crippen LogP contribution >= 0.6 is 0 Å². The topological polar surface area (TPSA) is 66.4 Å². The Hall–Kier alpha value is -1.32. The third-order valence-corrected chi connectivity index (χ3v) is 6.85. The van der Waals surface area contributed by atoms with E-state index in [1.807, 2.05) is 12.2 Å². The lowest BCUT2D eigenvalue weighted by Crippen LogP contribution is -2.41. The van der Waals surface area contributed by atoms with Crippen LogP contribution in [0.3, 0.4) is 0 Å². The molecule has 4 unspecified atom stereocenters. The molecule has 0 radical (unpaired) electrons. The van der Waals surface area contributed by atoms with Crippen molar-refractivity contribution in [3.63, 3.8) is 0 Å². The van der Waals surface area contributed by atoms with Crippen LogP contribution in [0.1, 0.15) is 34.1 Å². The molecule has 1 amide bonds. The van der Waals surface area contributed by atoms with Gasteiger partial charge in [-0.25, -0.2) is 0 Å². The Labute approximate surface area is 126 Å². The zero-order valence-electron chi connectivity index (χ0n) is 13.2. The number of carbonyl (C=O) groups excluding carboxylic acids is 1. The van der Waals surface area contributed by atoms with E-state index in [-0.39, 0.29) is 34.5 Å². The molecule has 0 spiro atoms. The van der Waals surface area contributed by atoms with E-state index in [0.717, 1.165) is 6.42 Å². The lowest BCUT2D eigenvalue weighted by Gasteiger charge is -2.24. The summed E-state index contributed by atoms with van der Waals surface area (Å²) in [5.41, 5.74) is 0.474. The van der Waals surface area contributed by atoms with Gasteiger partial charge in [0.2, 0.25) is 5.91 Å². The number of allylic oxidation sites excluding steroid dienone is 2. The average molecular weight is 291 g/mol. The summed E-state index contributed by atoms with van der Waals surface area (Å²) >= 11 is 0. The highest BCUT2D eigenvalue weighted by Crippen LogP contribution is 2.68. The summed E-state index contributed by atoms with van der Waals surface area (Å²) in [7, 11) is 0. The number of aliphatic carboxylic acids is 1. The third kappa shape index (κ3) is 1.95. The van der Waals surface area contributed by atoms with Crippen molar-refractivity contribution in [3.05, 3.63) is 12.2 Å². The highest BCUT2D eigenvalue weighted by molar-refractivity contribution is 5.86. The highest BCUT2D eigenvalue weighted by atomic mass is 16.4. The smallest absolute Gasteiger partial charge is 0.307 e. The highest BCUT2D eigenvalue weighted by Gasteiger charge is 2.64. The summed E-state index contributed by atoms with van der Waals surface area (Å²) in [6, 6.07) is 0. The first-order valence-corrected chi connectivity index (χ1v) is 7.86. The first-order valence-electron chi connectivity index (χ1n) is 7.86. The molecule has 0 aromatic rings. The van der Waals surface area contributed by atoms with Crippen LogP contribution in [-0.4, -0.2) is 23.5 Å². The predicted octanol–water partition coefficient (Wildman–Crippen LogP) is 2.31. The number of fused-ring (bicyclic) bond motifs is 2. The molecule has 2 saturated carbocycles. The van der Waals surface area contributed by atoms with Gasteiger partial charge in [-0.1, -0.05) is 39.8 Å². The molecule has 0 aromatic heterocycles. The van der Waals surface area contributed by atoms with Gasteiger partial charge in [0.15, 0.2) is 0 Å². The lowest BCUT2D eigenvalue weighted by molar-refractivity contribution is -0.147. The Balaban J connectivity index is 1.64. The average Bonchev–Trinajstić information content (AvgIpc) is 2.85. The molecule has 2 N–H and O–H groups in total. The Morgan fingerprint density at radius 1 is 1.10 bits per heavy atom. The van der Waals surface area contributed by atoms with Crippen LogP contribution in [0.2, 0.25) is 0 Å². The molecular formula is C17H25NO3. The number of carboxylic acid groups (broad SMARTS) is 1. The van der Waals surface area contributed by atoms with Gasteiger partial charge in [-0.15, -0.1) is 0 Å². The van der Waals surface area contributed by atoms with Crippen molar-refractivity contribution >= 4 is 11.9 Å². The van der Waals surface area contributed by atoms with Crippen LogP contribution in [0.4, 0.5) is 0 Å². The van der Waals surface area contributed by atoms with E-state index < -0.39 is 11.9 Å². The molecule has 3 rings (SSSR count). The van der Waals surface area contributed by atoms with Crippen LogP contribution in [-0.2, 0) is 9.59 Å². The Morgan fingerprint density at radius 2 is 1.62 bits per heavy atom. The van der Waals surface area contributed by atoms with E-state index in [9.17, 15) is 14.7 Å². The largest absolute Gasteiger partial charge is 0.481 e. The molecule has 4 heteroatoms. The van der Waals surface area contributed by atoms with Gasteiger partial charge in [0, 0.05) is 6.54 Å². The number of amides is 1. The van der Waals surface area contributed by atoms with Gasteiger partial charge in [0.1, 0.15) is 0 Å². The van der Waals surface area contributed by atoms with Gasteiger partial charge in [-0.3, -0.25) is 9.59 Å². The third-order valence-electron chi connectivity index (χ3n) is 6.85. The number of hydrogen-bond acceptors (Lipinski definition) is 2. The molecule has 2 fully saturated rings. The van der Waals surface area contributed by atoms with Crippen LogP contribution in [0.25, 0.3) is 0 Å². The minimum Gasteiger partial charge on any atom is -0.481 e. The van der Waals surface area contributed by atoms with Crippen LogP contribution in [0.15, 0.2) is 12.2 Å². The summed E-state index contributed by atoms with van der Waals surface area (Å²) in [4.78, 5) is 23.9. The van der Waals surface area contributed by atoms with Gasteiger partial charge in [0.05, 0.1) is 11.8 Å². The lowest BCUT2D eigenvalue weighted by atomic mass is 9.82. The fraction of sp³-hybridized carbons (Fsp3) is 0.765. The van der Waals surface area contributed by atoms with Crippen molar-refractivity contribution in [1.29, 1.82) is 0 Å². The maximum Gasteiger partial charge on any atom is 0.307 e.